The van der Waals surface area contributed by atoms with Crippen molar-refractivity contribution in [1.29, 1.82) is 0 Å². The van der Waals surface area contributed by atoms with E-state index < -0.39 is 23.2 Å². The number of halogens is 2. The molecule has 1 aliphatic carbocycles. The van der Waals surface area contributed by atoms with Gasteiger partial charge in [-0.15, -0.1) is 0 Å². The quantitative estimate of drug-likeness (QED) is 0.183. The van der Waals surface area contributed by atoms with E-state index in [0.29, 0.717) is 52.8 Å². The number of hydrogen-bond donors (Lipinski definition) is 2. The highest BCUT2D eigenvalue weighted by molar-refractivity contribution is 6.35. The number of nitrogens with zero attached hydrogens (tertiary/aromatic N) is 1. The van der Waals surface area contributed by atoms with E-state index in [9.17, 15) is 9.59 Å². The lowest BCUT2D eigenvalue weighted by atomic mass is 9.83. The predicted molar refractivity (Wildman–Crippen MR) is 174 cm³/mol. The summed E-state index contributed by atoms with van der Waals surface area (Å²) in [7, 11) is 0. The number of aliphatic hydroxyl groups excluding tert-OH is 1. The van der Waals surface area contributed by atoms with Crippen LogP contribution in [0.25, 0.3) is 0 Å². The third-order valence-electron chi connectivity index (χ3n) is 7.79. The largest absolute Gasteiger partial charge is 0.494 e. The molecule has 3 aromatic carbocycles. The highest BCUT2D eigenvalue weighted by Crippen LogP contribution is 2.46. The number of nitrogens with one attached hydrogen (secondary N) is 1. The van der Waals surface area contributed by atoms with Gasteiger partial charge in [-0.1, -0.05) is 53.5 Å². The van der Waals surface area contributed by atoms with Crippen LogP contribution >= 0.6 is 23.2 Å². The van der Waals surface area contributed by atoms with E-state index in [0.717, 1.165) is 0 Å². The summed E-state index contributed by atoms with van der Waals surface area (Å²) < 4.78 is 17.8. The van der Waals surface area contributed by atoms with E-state index in [1.807, 2.05) is 12.1 Å². The molecule has 5 rings (SSSR count). The molecule has 10 heteroatoms. The molecule has 3 aromatic rings. The number of aliphatic hydroxyl groups is 1. The van der Waals surface area contributed by atoms with Gasteiger partial charge in [0.25, 0.3) is 5.91 Å². The molecular formula is C35H38Cl2N2O6. The van der Waals surface area contributed by atoms with Gasteiger partial charge in [-0.25, -0.2) is 4.99 Å². The lowest BCUT2D eigenvalue weighted by Crippen LogP contribution is -2.52. The molecule has 0 radical (unpaired) electrons. The Hall–Kier alpha value is -3.59. The van der Waals surface area contributed by atoms with Gasteiger partial charge in [0.15, 0.2) is 11.6 Å². The van der Waals surface area contributed by atoms with Crippen LogP contribution in [-0.2, 0) is 31.9 Å². The zero-order valence-electron chi connectivity index (χ0n) is 25.6. The molecule has 45 heavy (non-hydrogen) atoms. The van der Waals surface area contributed by atoms with E-state index in [1.165, 1.54) is 11.1 Å². The monoisotopic (exact) mass is 652 g/mol. The van der Waals surface area contributed by atoms with E-state index >= 15 is 0 Å². The Morgan fingerprint density at radius 1 is 1.04 bits per heavy atom. The van der Waals surface area contributed by atoms with Crippen molar-refractivity contribution in [3.8, 4) is 5.75 Å². The lowest BCUT2D eigenvalue weighted by molar-refractivity contribution is -0.155. The van der Waals surface area contributed by atoms with Gasteiger partial charge < -0.3 is 24.6 Å². The minimum Gasteiger partial charge on any atom is -0.494 e. The first kappa shape index (κ1) is 32.8. The molecule has 1 aliphatic heterocycles. The van der Waals surface area contributed by atoms with Crippen LogP contribution in [0.3, 0.4) is 0 Å². The van der Waals surface area contributed by atoms with Gasteiger partial charge in [0.2, 0.25) is 5.90 Å². The molecule has 2 atom stereocenters. The van der Waals surface area contributed by atoms with Crippen molar-refractivity contribution in [2.24, 2.45) is 4.99 Å². The van der Waals surface area contributed by atoms with Crippen LogP contribution in [0.1, 0.15) is 68.4 Å². The third-order valence-corrected chi connectivity index (χ3v) is 8.35. The number of fused-ring (bicyclic) bond motifs is 1. The van der Waals surface area contributed by atoms with Crippen molar-refractivity contribution in [3.05, 3.63) is 99.0 Å². The third kappa shape index (κ3) is 7.80. The highest BCUT2D eigenvalue weighted by atomic mass is 35.5. The second-order valence-electron chi connectivity index (χ2n) is 12.4. The summed E-state index contributed by atoms with van der Waals surface area (Å²) in [6.45, 7) is 5.82. The number of rotatable bonds is 11. The molecule has 1 heterocycles. The molecule has 8 nitrogen and oxygen atoms in total. The minimum absolute atomic E-state index is 0.0168. The average Bonchev–Trinajstić information content (AvgIpc) is 3.58. The molecule has 0 saturated heterocycles. The Morgan fingerprint density at radius 2 is 1.73 bits per heavy atom. The average molecular weight is 654 g/mol. The van der Waals surface area contributed by atoms with Gasteiger partial charge in [0, 0.05) is 46.7 Å². The van der Waals surface area contributed by atoms with Crippen LogP contribution in [0.15, 0.2) is 71.7 Å². The molecule has 0 saturated carbocycles. The van der Waals surface area contributed by atoms with Crippen molar-refractivity contribution >= 4 is 41.0 Å². The fraction of sp³-hybridized carbons (Fsp3) is 0.400. The van der Waals surface area contributed by atoms with Crippen molar-refractivity contribution < 1.29 is 28.9 Å². The Labute approximate surface area is 273 Å². The Kier molecular flexibility index (Phi) is 10.1. The first-order valence-electron chi connectivity index (χ1n) is 15.1. The number of amides is 1. The zero-order valence-corrected chi connectivity index (χ0v) is 27.2. The molecule has 1 amide bonds. The molecule has 2 N–H and O–H groups in total. The van der Waals surface area contributed by atoms with Gasteiger partial charge in [0.05, 0.1) is 6.61 Å². The smallest absolute Gasteiger partial charge is 0.306 e. The topological polar surface area (TPSA) is 106 Å². The number of aliphatic imine (C=N–C) groups is 1. The fourth-order valence-electron chi connectivity index (χ4n) is 5.72. The Bertz CT molecular complexity index is 1540. The fourth-order valence-corrected chi connectivity index (χ4v) is 6.23. The summed E-state index contributed by atoms with van der Waals surface area (Å²) >= 11 is 13.0. The van der Waals surface area contributed by atoms with Crippen molar-refractivity contribution in [3.63, 3.8) is 0 Å². The van der Waals surface area contributed by atoms with Crippen LogP contribution < -0.4 is 10.1 Å². The normalized spacial score (nSPS) is 19.4. The highest BCUT2D eigenvalue weighted by Gasteiger charge is 2.54. The maximum atomic E-state index is 14.6. The van der Waals surface area contributed by atoms with Crippen LogP contribution in [0, 0.1) is 0 Å². The second kappa shape index (κ2) is 13.8. The number of carbonyl (C=O) groups excluding carboxylic acids is 2. The zero-order chi connectivity index (χ0) is 32.2. The van der Waals surface area contributed by atoms with Crippen molar-refractivity contribution in [1.82, 2.24) is 5.32 Å². The number of ether oxygens (including phenoxy) is 3. The van der Waals surface area contributed by atoms with Gasteiger partial charge in [-0.05, 0) is 87.6 Å². The summed E-state index contributed by atoms with van der Waals surface area (Å²) in [5, 5.41) is 13.0. The molecular weight excluding hydrogens is 615 g/mol. The molecule has 0 aromatic heterocycles. The molecule has 0 spiro atoms. The van der Waals surface area contributed by atoms with Crippen LogP contribution in [-0.4, -0.2) is 53.3 Å². The molecule has 0 fully saturated rings. The minimum atomic E-state index is -1.55. The predicted octanol–water partition coefficient (Wildman–Crippen LogP) is 6.42. The van der Waals surface area contributed by atoms with E-state index in [-0.39, 0.29) is 37.3 Å². The van der Waals surface area contributed by atoms with Crippen LogP contribution in [0.2, 0.25) is 10.0 Å². The Balaban J connectivity index is 1.52. The Morgan fingerprint density at radius 3 is 2.36 bits per heavy atom. The second-order valence-corrected chi connectivity index (χ2v) is 13.2. The number of hydrogen-bond acceptors (Lipinski definition) is 7. The maximum absolute atomic E-state index is 14.6. The lowest BCUT2D eigenvalue weighted by Gasteiger charge is -2.32. The number of esters is 1. The molecule has 238 valence electrons. The summed E-state index contributed by atoms with van der Waals surface area (Å²) in [5.74, 6) is 0.0514. The first-order chi connectivity index (χ1) is 21.5. The first-order valence-corrected chi connectivity index (χ1v) is 15.9. The van der Waals surface area contributed by atoms with Gasteiger partial charge in [-0.2, -0.15) is 0 Å². The summed E-state index contributed by atoms with van der Waals surface area (Å²) in [6, 6.07) is 20.1. The maximum Gasteiger partial charge on any atom is 0.306 e. The van der Waals surface area contributed by atoms with E-state index in [1.54, 1.807) is 63.2 Å². The summed E-state index contributed by atoms with van der Waals surface area (Å²) in [4.78, 5) is 32.5. The standard InChI is InChI=1S/C35H38Cl2N2O6/c1-34(2,3)45-30(41)15-16-35(33(42)38-26-19-23-7-4-5-8-24(23)20-26)31(28-14-11-25(36)21-29(28)37)44-32(39-35)22-9-12-27(13-10-22)43-18-6-17-40/h4-5,7-14,21,26,31,40H,6,15-20H2,1-3H3,(H,38,42)/t31-,35-/m1/s1. The summed E-state index contributed by atoms with van der Waals surface area (Å²) in [6.07, 6.45) is 0.876. The van der Waals surface area contributed by atoms with E-state index in [2.05, 4.69) is 17.4 Å². The SMILES string of the molecule is CC(C)(C)OC(=O)CC[C@@]1(C(=O)NC2Cc3ccccc3C2)N=C(c2ccc(OCCCO)cc2)O[C@@H]1c1ccc(Cl)cc1Cl. The molecule has 0 bridgehead atoms. The summed E-state index contributed by atoms with van der Waals surface area (Å²) in [5.41, 5.74) is 1.29. The van der Waals surface area contributed by atoms with Crippen LogP contribution in [0.4, 0.5) is 0 Å². The number of benzene rings is 3. The van der Waals surface area contributed by atoms with Crippen LogP contribution in [0.5, 0.6) is 5.75 Å². The van der Waals surface area contributed by atoms with E-state index in [4.69, 9.17) is 47.5 Å². The van der Waals surface area contributed by atoms with Gasteiger partial charge in [-0.3, -0.25) is 9.59 Å². The van der Waals surface area contributed by atoms with Crippen molar-refractivity contribution in [2.45, 2.75) is 76.2 Å². The molecule has 2 aliphatic rings. The van der Waals surface area contributed by atoms with Crippen molar-refractivity contribution in [2.75, 3.05) is 13.2 Å². The molecule has 0 unspecified atom stereocenters. The van der Waals surface area contributed by atoms with Gasteiger partial charge >= 0.3 is 5.97 Å². The van der Waals surface area contributed by atoms with Gasteiger partial charge in [0.1, 0.15) is 11.4 Å². The number of carbonyl (C=O) groups is 2.